The van der Waals surface area contributed by atoms with Gasteiger partial charge >= 0.3 is 0 Å². The van der Waals surface area contributed by atoms with Crippen LogP contribution in [0.1, 0.15) is 74.6 Å². The summed E-state index contributed by atoms with van der Waals surface area (Å²) in [4.78, 5) is 0. The maximum Gasteiger partial charge on any atom is 0.0528 e. The van der Waals surface area contributed by atoms with Crippen LogP contribution >= 0.6 is 0 Å². The third-order valence-corrected chi connectivity index (χ3v) is 4.99. The molecule has 0 radical (unpaired) electrons. The summed E-state index contributed by atoms with van der Waals surface area (Å²) < 4.78 is 2.34. The van der Waals surface area contributed by atoms with E-state index in [4.69, 9.17) is 5.10 Å². The molecule has 1 atom stereocenters. The molecule has 3 heteroatoms. The Morgan fingerprint density at radius 3 is 2.58 bits per heavy atom. The molecule has 1 saturated heterocycles. The molecule has 0 bridgehead atoms. The van der Waals surface area contributed by atoms with Crippen LogP contribution in [-0.4, -0.2) is 22.9 Å². The first-order valence-electron chi connectivity index (χ1n) is 8.11. The average Bonchev–Trinajstić information content (AvgIpc) is 2.67. The Bertz CT molecular complexity index is 396. The number of aromatic nitrogens is 2. The number of hydrogen-bond acceptors (Lipinski definition) is 2. The van der Waals surface area contributed by atoms with Crippen LogP contribution in [0.3, 0.4) is 0 Å². The topological polar surface area (TPSA) is 29.9 Å². The van der Waals surface area contributed by atoms with Crippen LogP contribution in [0.25, 0.3) is 0 Å². The zero-order chi connectivity index (χ0) is 13.1. The van der Waals surface area contributed by atoms with Crippen molar-refractivity contribution in [3.05, 3.63) is 17.5 Å². The van der Waals surface area contributed by atoms with Crippen LogP contribution in [0.2, 0.25) is 0 Å². The highest BCUT2D eigenvalue weighted by molar-refractivity contribution is 5.22. The molecule has 1 unspecified atom stereocenters. The summed E-state index contributed by atoms with van der Waals surface area (Å²) in [6.45, 7) is 4.60. The van der Waals surface area contributed by atoms with Crippen molar-refractivity contribution in [2.24, 2.45) is 0 Å². The number of nitrogens with zero attached hydrogens (tertiary/aromatic N) is 2. The van der Waals surface area contributed by atoms with E-state index >= 15 is 0 Å². The quantitative estimate of drug-likeness (QED) is 0.825. The molecular weight excluding hydrogens is 234 g/mol. The van der Waals surface area contributed by atoms with Crippen LogP contribution in [0.15, 0.2) is 6.20 Å². The van der Waals surface area contributed by atoms with Crippen molar-refractivity contribution in [1.82, 2.24) is 15.1 Å². The third-order valence-electron chi connectivity index (χ3n) is 4.99. The molecule has 1 N–H and O–H groups in total. The minimum absolute atomic E-state index is 0.660. The lowest BCUT2D eigenvalue weighted by Crippen LogP contribution is -2.28. The van der Waals surface area contributed by atoms with Crippen molar-refractivity contribution in [2.75, 3.05) is 13.1 Å². The van der Waals surface area contributed by atoms with Crippen LogP contribution in [0.4, 0.5) is 0 Å². The minimum Gasteiger partial charge on any atom is -0.316 e. The summed E-state index contributed by atoms with van der Waals surface area (Å²) >= 11 is 0. The average molecular weight is 261 g/mol. The molecule has 2 aliphatic rings. The Balaban J connectivity index is 1.77. The van der Waals surface area contributed by atoms with Crippen molar-refractivity contribution in [3.8, 4) is 0 Å². The van der Waals surface area contributed by atoms with Gasteiger partial charge in [0.15, 0.2) is 0 Å². The highest BCUT2D eigenvalue weighted by Crippen LogP contribution is 2.31. The molecular formula is C16H27N3. The van der Waals surface area contributed by atoms with Crippen LogP contribution in [0, 0.1) is 6.92 Å². The van der Waals surface area contributed by atoms with Crippen molar-refractivity contribution in [1.29, 1.82) is 0 Å². The largest absolute Gasteiger partial charge is 0.316 e. The van der Waals surface area contributed by atoms with Gasteiger partial charge in [-0.05, 0) is 50.6 Å². The van der Waals surface area contributed by atoms with E-state index in [0.29, 0.717) is 12.0 Å². The fraction of sp³-hybridized carbons (Fsp3) is 0.812. The highest BCUT2D eigenvalue weighted by Gasteiger charge is 2.23. The molecule has 1 saturated carbocycles. The molecule has 106 valence electrons. The number of piperidine rings is 1. The summed E-state index contributed by atoms with van der Waals surface area (Å²) in [6, 6.07) is 0.660. The Labute approximate surface area is 116 Å². The number of nitrogens with one attached hydrogen (secondary N) is 1. The lowest BCUT2D eigenvalue weighted by Gasteiger charge is -2.23. The van der Waals surface area contributed by atoms with Crippen molar-refractivity contribution >= 4 is 0 Å². The predicted octanol–water partition coefficient (Wildman–Crippen LogP) is 3.55. The summed E-state index contributed by atoms with van der Waals surface area (Å²) in [5.41, 5.74) is 2.93. The fourth-order valence-corrected chi connectivity index (χ4v) is 3.83. The molecule has 1 aromatic heterocycles. The predicted molar refractivity (Wildman–Crippen MR) is 78.5 cm³/mol. The zero-order valence-corrected chi connectivity index (χ0v) is 12.2. The molecule has 2 heterocycles. The van der Waals surface area contributed by atoms with Crippen LogP contribution in [0.5, 0.6) is 0 Å². The summed E-state index contributed by atoms with van der Waals surface area (Å²) in [5.74, 6) is 0.688. The lowest BCUT2D eigenvalue weighted by atomic mass is 9.92. The second-order valence-corrected chi connectivity index (χ2v) is 6.32. The summed E-state index contributed by atoms with van der Waals surface area (Å²) in [6.07, 6.45) is 13.0. The van der Waals surface area contributed by atoms with Gasteiger partial charge < -0.3 is 5.32 Å². The number of hydrogen-bond donors (Lipinski definition) is 1. The van der Waals surface area contributed by atoms with E-state index in [1.54, 1.807) is 0 Å². The smallest absolute Gasteiger partial charge is 0.0528 e. The van der Waals surface area contributed by atoms with Crippen LogP contribution < -0.4 is 5.32 Å². The fourth-order valence-electron chi connectivity index (χ4n) is 3.83. The van der Waals surface area contributed by atoms with Gasteiger partial charge in [0.25, 0.3) is 0 Å². The van der Waals surface area contributed by atoms with E-state index in [9.17, 15) is 0 Å². The van der Waals surface area contributed by atoms with Gasteiger partial charge in [-0.25, -0.2) is 0 Å². The van der Waals surface area contributed by atoms with Gasteiger partial charge in [0, 0.05) is 12.2 Å². The van der Waals surface area contributed by atoms with Gasteiger partial charge in [0.05, 0.1) is 12.2 Å². The molecule has 1 aliphatic carbocycles. The SMILES string of the molecule is Cc1c(C2CCCNC2)cnn1C1CCCCCC1. The molecule has 0 aromatic carbocycles. The maximum absolute atomic E-state index is 4.75. The first-order chi connectivity index (χ1) is 9.36. The second-order valence-electron chi connectivity index (χ2n) is 6.32. The van der Waals surface area contributed by atoms with Gasteiger partial charge in [-0.2, -0.15) is 5.10 Å². The van der Waals surface area contributed by atoms with Gasteiger partial charge in [-0.1, -0.05) is 25.7 Å². The summed E-state index contributed by atoms with van der Waals surface area (Å²) in [5, 5.41) is 8.27. The Morgan fingerprint density at radius 1 is 1.11 bits per heavy atom. The standard InChI is InChI=1S/C16H27N3/c1-13-16(14-7-6-10-17-11-14)12-18-19(13)15-8-4-2-3-5-9-15/h12,14-15,17H,2-11H2,1H3. The van der Waals surface area contributed by atoms with Gasteiger partial charge in [0.2, 0.25) is 0 Å². The number of rotatable bonds is 2. The third kappa shape index (κ3) is 2.86. The van der Waals surface area contributed by atoms with Gasteiger partial charge in [-0.15, -0.1) is 0 Å². The zero-order valence-electron chi connectivity index (χ0n) is 12.2. The lowest BCUT2D eigenvalue weighted by molar-refractivity contribution is 0.396. The van der Waals surface area contributed by atoms with Crippen molar-refractivity contribution in [2.45, 2.75) is 70.3 Å². The van der Waals surface area contributed by atoms with Crippen molar-refractivity contribution in [3.63, 3.8) is 0 Å². The molecule has 0 amide bonds. The molecule has 3 nitrogen and oxygen atoms in total. The minimum atomic E-state index is 0.660. The van der Waals surface area contributed by atoms with Gasteiger partial charge in [0.1, 0.15) is 0 Å². The maximum atomic E-state index is 4.75. The first kappa shape index (κ1) is 13.2. The van der Waals surface area contributed by atoms with E-state index in [1.165, 1.54) is 69.2 Å². The Hall–Kier alpha value is -0.830. The normalized spacial score (nSPS) is 26.3. The highest BCUT2D eigenvalue weighted by atomic mass is 15.3. The molecule has 3 rings (SSSR count). The Kier molecular flexibility index (Phi) is 4.21. The molecule has 0 spiro atoms. The van der Waals surface area contributed by atoms with E-state index < -0.39 is 0 Å². The molecule has 19 heavy (non-hydrogen) atoms. The Morgan fingerprint density at radius 2 is 1.89 bits per heavy atom. The molecule has 2 fully saturated rings. The van der Waals surface area contributed by atoms with E-state index in [1.807, 2.05) is 0 Å². The molecule has 1 aromatic rings. The monoisotopic (exact) mass is 261 g/mol. The van der Waals surface area contributed by atoms with E-state index in [-0.39, 0.29) is 0 Å². The van der Waals surface area contributed by atoms with E-state index in [2.05, 4.69) is 23.1 Å². The first-order valence-corrected chi connectivity index (χ1v) is 8.11. The molecule has 1 aliphatic heterocycles. The second kappa shape index (κ2) is 6.08. The summed E-state index contributed by atoms with van der Waals surface area (Å²) in [7, 11) is 0. The van der Waals surface area contributed by atoms with Crippen molar-refractivity contribution < 1.29 is 0 Å². The van der Waals surface area contributed by atoms with Crippen LogP contribution in [-0.2, 0) is 0 Å². The van der Waals surface area contributed by atoms with Gasteiger partial charge in [-0.3, -0.25) is 4.68 Å². The van der Waals surface area contributed by atoms with E-state index in [0.717, 1.165) is 6.54 Å².